The van der Waals surface area contributed by atoms with E-state index in [2.05, 4.69) is 0 Å². The van der Waals surface area contributed by atoms with Gasteiger partial charge in [-0.3, -0.25) is 0 Å². The minimum atomic E-state index is -4.09. The molecule has 0 spiro atoms. The molecule has 0 fully saturated rings. The van der Waals surface area contributed by atoms with Crippen molar-refractivity contribution in [3.8, 4) is 34.1 Å². The van der Waals surface area contributed by atoms with Gasteiger partial charge in [-0.1, -0.05) is 6.07 Å². The summed E-state index contributed by atoms with van der Waals surface area (Å²) in [6.07, 6.45) is 0. The van der Waals surface area contributed by atoms with Crippen molar-refractivity contribution < 1.29 is 31.2 Å². The fourth-order valence-corrected chi connectivity index (χ4v) is 4.55. The van der Waals surface area contributed by atoms with Crippen molar-refractivity contribution >= 4 is 21.1 Å². The number of benzene rings is 3. The molecule has 0 saturated carbocycles. The highest BCUT2D eigenvalue weighted by Crippen LogP contribution is 2.35. The van der Waals surface area contributed by atoms with Gasteiger partial charge in [-0.2, -0.15) is 8.42 Å². The molecule has 0 saturated heterocycles. The summed E-state index contributed by atoms with van der Waals surface area (Å²) in [5, 5.41) is 0.534. The van der Waals surface area contributed by atoms with E-state index in [-0.39, 0.29) is 10.6 Å². The fraction of sp³-hybridized carbons (Fsp3) is 0.160. The predicted octanol–water partition coefficient (Wildman–Crippen LogP) is 4.56. The van der Waals surface area contributed by atoms with Crippen LogP contribution in [0.5, 0.6) is 23.0 Å². The van der Waals surface area contributed by atoms with Gasteiger partial charge in [0.05, 0.1) is 26.9 Å². The molecule has 0 amide bonds. The zero-order valence-electron chi connectivity index (χ0n) is 18.9. The molecule has 0 aliphatic carbocycles. The maximum Gasteiger partial charge on any atom is 0.344 e. The van der Waals surface area contributed by atoms with E-state index in [0.29, 0.717) is 44.9 Å². The van der Waals surface area contributed by atoms with E-state index in [9.17, 15) is 13.2 Å². The van der Waals surface area contributed by atoms with Gasteiger partial charge >= 0.3 is 15.7 Å². The van der Waals surface area contributed by atoms with E-state index in [1.807, 2.05) is 0 Å². The Hall–Kier alpha value is -3.98. The molecule has 4 aromatic rings. The third kappa shape index (κ3) is 4.29. The molecule has 9 heteroatoms. The van der Waals surface area contributed by atoms with E-state index >= 15 is 0 Å². The van der Waals surface area contributed by atoms with Crippen LogP contribution < -0.4 is 24.0 Å². The van der Waals surface area contributed by atoms with Gasteiger partial charge in [-0.05, 0) is 72.6 Å². The predicted molar refractivity (Wildman–Crippen MR) is 127 cm³/mol. The number of hydrogen-bond acceptors (Lipinski definition) is 8. The first-order valence-corrected chi connectivity index (χ1v) is 11.6. The molecule has 0 radical (unpaired) electrons. The van der Waals surface area contributed by atoms with Crippen molar-refractivity contribution in [2.75, 3.05) is 21.3 Å². The SMILES string of the molecule is COc1ccc(S(=O)(=O)Oc2ccc3oc(=O)c(-c4ccc(OC)c(OC)c4)c(C)c3c2)cc1. The Balaban J connectivity index is 1.77. The average molecular weight is 483 g/mol. The van der Waals surface area contributed by atoms with Crippen LogP contribution in [0.25, 0.3) is 22.1 Å². The summed E-state index contributed by atoms with van der Waals surface area (Å²) in [7, 11) is 0.434. The molecule has 34 heavy (non-hydrogen) atoms. The van der Waals surface area contributed by atoms with Crippen LogP contribution in [0, 0.1) is 6.92 Å². The molecular formula is C25H22O8S. The van der Waals surface area contributed by atoms with Gasteiger partial charge in [-0.25, -0.2) is 4.79 Å². The largest absolute Gasteiger partial charge is 0.497 e. The first-order chi connectivity index (χ1) is 16.3. The van der Waals surface area contributed by atoms with Crippen molar-refractivity contribution in [3.63, 3.8) is 0 Å². The normalized spacial score (nSPS) is 11.3. The zero-order valence-corrected chi connectivity index (χ0v) is 19.8. The maximum atomic E-state index is 12.8. The molecule has 176 valence electrons. The molecule has 0 aliphatic heterocycles. The highest BCUT2D eigenvalue weighted by Gasteiger charge is 2.20. The minimum absolute atomic E-state index is 0.0178. The highest BCUT2D eigenvalue weighted by atomic mass is 32.2. The van der Waals surface area contributed by atoms with Crippen LogP contribution in [0.3, 0.4) is 0 Å². The van der Waals surface area contributed by atoms with Crippen LogP contribution in [-0.2, 0) is 10.1 Å². The van der Waals surface area contributed by atoms with E-state index in [4.69, 9.17) is 22.8 Å². The molecule has 1 aromatic heterocycles. The van der Waals surface area contributed by atoms with E-state index < -0.39 is 15.7 Å². The van der Waals surface area contributed by atoms with Crippen LogP contribution in [0.4, 0.5) is 0 Å². The molecule has 8 nitrogen and oxygen atoms in total. The zero-order chi connectivity index (χ0) is 24.5. The molecular weight excluding hydrogens is 460 g/mol. The Labute approximate surface area is 196 Å². The highest BCUT2D eigenvalue weighted by molar-refractivity contribution is 7.87. The second-order valence-corrected chi connectivity index (χ2v) is 8.88. The summed E-state index contributed by atoms with van der Waals surface area (Å²) < 4.78 is 52.0. The van der Waals surface area contributed by atoms with Gasteiger partial charge in [0.1, 0.15) is 22.0 Å². The quantitative estimate of drug-likeness (QED) is 0.279. The smallest absolute Gasteiger partial charge is 0.344 e. The van der Waals surface area contributed by atoms with E-state index in [0.717, 1.165) is 0 Å². The Morgan fingerprint density at radius 3 is 2.09 bits per heavy atom. The Bertz CT molecular complexity index is 1520. The molecule has 3 aromatic carbocycles. The Kier molecular flexibility index (Phi) is 6.21. The third-order valence-corrected chi connectivity index (χ3v) is 6.62. The van der Waals surface area contributed by atoms with Crippen molar-refractivity contribution in [2.45, 2.75) is 11.8 Å². The Morgan fingerprint density at radius 2 is 1.44 bits per heavy atom. The van der Waals surface area contributed by atoms with Crippen LogP contribution in [-0.4, -0.2) is 29.7 Å². The number of methoxy groups -OCH3 is 3. The van der Waals surface area contributed by atoms with Crippen LogP contribution in [0.15, 0.2) is 74.8 Å². The van der Waals surface area contributed by atoms with Crippen LogP contribution >= 0.6 is 0 Å². The van der Waals surface area contributed by atoms with Crippen LogP contribution in [0.2, 0.25) is 0 Å². The number of hydrogen-bond donors (Lipinski definition) is 0. The lowest BCUT2D eigenvalue weighted by Gasteiger charge is -2.13. The summed E-state index contributed by atoms with van der Waals surface area (Å²) in [6, 6.07) is 15.4. The van der Waals surface area contributed by atoms with Crippen LogP contribution in [0.1, 0.15) is 5.56 Å². The molecule has 1 heterocycles. The summed E-state index contributed by atoms with van der Waals surface area (Å²) in [4.78, 5) is 12.8. The third-order valence-electron chi connectivity index (χ3n) is 5.36. The van der Waals surface area contributed by atoms with Crippen molar-refractivity contribution in [1.82, 2.24) is 0 Å². The molecule has 0 unspecified atom stereocenters. The van der Waals surface area contributed by atoms with Crippen molar-refractivity contribution in [2.24, 2.45) is 0 Å². The van der Waals surface area contributed by atoms with Crippen molar-refractivity contribution in [3.05, 3.63) is 76.6 Å². The first kappa shape index (κ1) is 23.2. The lowest BCUT2D eigenvalue weighted by Crippen LogP contribution is -2.10. The fourth-order valence-electron chi connectivity index (χ4n) is 3.62. The molecule has 0 N–H and O–H groups in total. The summed E-state index contributed by atoms with van der Waals surface area (Å²) >= 11 is 0. The second kappa shape index (κ2) is 9.11. The minimum Gasteiger partial charge on any atom is -0.497 e. The number of ether oxygens (including phenoxy) is 3. The van der Waals surface area contributed by atoms with Gasteiger partial charge in [-0.15, -0.1) is 0 Å². The van der Waals surface area contributed by atoms with E-state index in [1.165, 1.54) is 63.8 Å². The molecule has 0 aliphatic rings. The topological polar surface area (TPSA) is 101 Å². The van der Waals surface area contributed by atoms with Crippen molar-refractivity contribution in [1.29, 1.82) is 0 Å². The lowest BCUT2D eigenvalue weighted by molar-refractivity contribution is 0.355. The average Bonchev–Trinajstić information content (AvgIpc) is 2.84. The van der Waals surface area contributed by atoms with Gasteiger partial charge < -0.3 is 22.8 Å². The monoisotopic (exact) mass is 482 g/mol. The summed E-state index contributed by atoms with van der Waals surface area (Å²) in [5.41, 5.74) is 1.27. The van der Waals surface area contributed by atoms with E-state index in [1.54, 1.807) is 25.1 Å². The standard InChI is InChI=1S/C25H22O8S/c1-15-20-14-18(33-34(27,28)19-9-6-17(29-2)7-10-19)8-12-21(20)32-25(26)24(15)16-5-11-22(30-3)23(13-16)31-4/h5-14H,1-4H3. The molecule has 4 rings (SSSR count). The number of rotatable bonds is 7. The lowest BCUT2D eigenvalue weighted by atomic mass is 9.99. The summed E-state index contributed by atoms with van der Waals surface area (Å²) in [5.74, 6) is 1.59. The molecule has 0 bridgehead atoms. The molecule has 0 atom stereocenters. The summed E-state index contributed by atoms with van der Waals surface area (Å²) in [6.45, 7) is 1.76. The number of fused-ring (bicyclic) bond motifs is 1. The van der Waals surface area contributed by atoms with Gasteiger partial charge in [0, 0.05) is 5.39 Å². The second-order valence-electron chi connectivity index (χ2n) is 7.33. The maximum absolute atomic E-state index is 12.8. The van der Waals surface area contributed by atoms with Gasteiger partial charge in [0.2, 0.25) is 0 Å². The van der Waals surface area contributed by atoms with Gasteiger partial charge in [0.25, 0.3) is 0 Å². The first-order valence-electron chi connectivity index (χ1n) is 10.2. The van der Waals surface area contributed by atoms with Gasteiger partial charge in [0.15, 0.2) is 11.5 Å². The Morgan fingerprint density at radius 1 is 0.765 bits per heavy atom. The number of aryl methyl sites for hydroxylation is 1.